The maximum absolute atomic E-state index is 9.12. The molecule has 1 aromatic rings. The molecule has 0 bridgehead atoms. The Balaban J connectivity index is 1.95. The number of nitrogens with zero attached hydrogens (tertiary/aromatic N) is 2. The van der Waals surface area contributed by atoms with E-state index in [2.05, 4.69) is 24.8 Å². The second-order valence-electron chi connectivity index (χ2n) is 5.62. The summed E-state index contributed by atoms with van der Waals surface area (Å²) in [6.45, 7) is 7.00. The lowest BCUT2D eigenvalue weighted by atomic mass is 10.1. The van der Waals surface area contributed by atoms with E-state index in [1.807, 2.05) is 18.2 Å². The lowest BCUT2D eigenvalue weighted by Crippen LogP contribution is -2.46. The topological polar surface area (TPSA) is 54.7 Å². The fourth-order valence-electron chi connectivity index (χ4n) is 3.01. The third-order valence-electron chi connectivity index (χ3n) is 3.79. The Kier molecular flexibility index (Phi) is 4.11. The third-order valence-corrected chi connectivity index (χ3v) is 3.79. The zero-order chi connectivity index (χ0) is 14.8. The Morgan fingerprint density at radius 2 is 1.81 bits per heavy atom. The second-order valence-corrected chi connectivity index (χ2v) is 5.62. The minimum Gasteiger partial charge on any atom is -0.372 e. The maximum atomic E-state index is 9.12. The van der Waals surface area contributed by atoms with Gasteiger partial charge in [-0.1, -0.05) is 0 Å². The summed E-state index contributed by atoms with van der Waals surface area (Å²) in [5.41, 5.74) is 2.64. The molecule has 112 valence electrons. The SMILES string of the molecule is C[C@@H]1CN(c2ccc(C#N)cc2C2OCCO2)C[C@H](C)O1. The van der Waals surface area contributed by atoms with E-state index >= 15 is 0 Å². The van der Waals surface area contributed by atoms with Crippen molar-refractivity contribution in [1.29, 1.82) is 5.26 Å². The van der Waals surface area contributed by atoms with Gasteiger partial charge in [-0.25, -0.2) is 0 Å². The van der Waals surface area contributed by atoms with Gasteiger partial charge in [0.15, 0.2) is 6.29 Å². The van der Waals surface area contributed by atoms with Crippen LogP contribution in [-0.4, -0.2) is 38.5 Å². The summed E-state index contributed by atoms with van der Waals surface area (Å²) in [4.78, 5) is 2.29. The van der Waals surface area contributed by atoms with E-state index in [1.165, 1.54) is 0 Å². The molecule has 0 unspecified atom stereocenters. The molecule has 2 atom stereocenters. The van der Waals surface area contributed by atoms with Crippen molar-refractivity contribution < 1.29 is 14.2 Å². The summed E-state index contributed by atoms with van der Waals surface area (Å²) in [5.74, 6) is 0. The molecule has 2 aliphatic rings. The largest absolute Gasteiger partial charge is 0.372 e. The van der Waals surface area contributed by atoms with Gasteiger partial charge in [-0.2, -0.15) is 5.26 Å². The van der Waals surface area contributed by atoms with Crippen molar-refractivity contribution in [2.75, 3.05) is 31.2 Å². The molecule has 0 saturated carbocycles. The van der Waals surface area contributed by atoms with Crippen LogP contribution in [0.3, 0.4) is 0 Å². The number of ether oxygens (including phenoxy) is 3. The van der Waals surface area contributed by atoms with E-state index in [4.69, 9.17) is 19.5 Å². The van der Waals surface area contributed by atoms with Gasteiger partial charge in [0.2, 0.25) is 0 Å². The Bertz CT molecular complexity index is 539. The van der Waals surface area contributed by atoms with Crippen LogP contribution in [-0.2, 0) is 14.2 Å². The highest BCUT2D eigenvalue weighted by Crippen LogP contribution is 2.34. The van der Waals surface area contributed by atoms with Crippen molar-refractivity contribution in [1.82, 2.24) is 0 Å². The van der Waals surface area contributed by atoms with Crippen molar-refractivity contribution in [2.24, 2.45) is 0 Å². The number of anilines is 1. The summed E-state index contributed by atoms with van der Waals surface area (Å²) >= 11 is 0. The molecule has 5 heteroatoms. The fourth-order valence-corrected chi connectivity index (χ4v) is 3.01. The first-order valence-corrected chi connectivity index (χ1v) is 7.35. The number of nitriles is 1. The van der Waals surface area contributed by atoms with Gasteiger partial charge >= 0.3 is 0 Å². The average molecular weight is 288 g/mol. The van der Waals surface area contributed by atoms with Crippen LogP contribution in [0.15, 0.2) is 18.2 Å². The summed E-state index contributed by atoms with van der Waals surface area (Å²) in [5, 5.41) is 9.12. The predicted molar refractivity (Wildman–Crippen MR) is 78.0 cm³/mol. The minimum atomic E-state index is -0.373. The van der Waals surface area contributed by atoms with E-state index < -0.39 is 0 Å². The molecule has 3 rings (SSSR count). The smallest absolute Gasteiger partial charge is 0.186 e. The Labute approximate surface area is 125 Å². The van der Waals surface area contributed by atoms with E-state index in [-0.39, 0.29) is 18.5 Å². The van der Waals surface area contributed by atoms with Crippen LogP contribution >= 0.6 is 0 Å². The van der Waals surface area contributed by atoms with Crippen molar-refractivity contribution in [3.8, 4) is 6.07 Å². The van der Waals surface area contributed by atoms with Gasteiger partial charge in [0.05, 0.1) is 37.1 Å². The quantitative estimate of drug-likeness (QED) is 0.835. The van der Waals surface area contributed by atoms with E-state index in [0.29, 0.717) is 18.8 Å². The van der Waals surface area contributed by atoms with Crippen molar-refractivity contribution in [3.05, 3.63) is 29.3 Å². The molecule has 0 radical (unpaired) electrons. The number of hydrogen-bond donors (Lipinski definition) is 0. The Morgan fingerprint density at radius 3 is 2.43 bits per heavy atom. The van der Waals surface area contributed by atoms with Crippen molar-refractivity contribution >= 4 is 5.69 Å². The van der Waals surface area contributed by atoms with Gasteiger partial charge in [-0.15, -0.1) is 0 Å². The van der Waals surface area contributed by atoms with Gasteiger partial charge in [-0.3, -0.25) is 0 Å². The second kappa shape index (κ2) is 6.02. The molecule has 1 aromatic carbocycles. The van der Waals surface area contributed by atoms with Gasteiger partial charge < -0.3 is 19.1 Å². The molecule has 2 heterocycles. The molecule has 2 aliphatic heterocycles. The molecule has 0 amide bonds. The standard InChI is InChI=1S/C16H20N2O3/c1-11-9-18(10-12(2)21-11)15-4-3-13(8-17)7-14(15)16-19-5-6-20-16/h3-4,7,11-12,16H,5-6,9-10H2,1-2H3/t11-,12+. The average Bonchev–Trinajstić information content (AvgIpc) is 2.99. The summed E-state index contributed by atoms with van der Waals surface area (Å²) in [7, 11) is 0. The first kappa shape index (κ1) is 14.3. The molecule has 5 nitrogen and oxygen atoms in total. The zero-order valence-corrected chi connectivity index (χ0v) is 12.4. The van der Waals surface area contributed by atoms with E-state index in [9.17, 15) is 0 Å². The molecule has 2 saturated heterocycles. The highest BCUT2D eigenvalue weighted by Gasteiger charge is 2.28. The highest BCUT2D eigenvalue weighted by atomic mass is 16.7. The lowest BCUT2D eigenvalue weighted by Gasteiger charge is -2.38. The molecule has 21 heavy (non-hydrogen) atoms. The molecule has 2 fully saturated rings. The van der Waals surface area contributed by atoms with E-state index in [0.717, 1.165) is 24.3 Å². The number of hydrogen-bond acceptors (Lipinski definition) is 5. The van der Waals surface area contributed by atoms with Gasteiger partial charge in [0, 0.05) is 24.3 Å². The van der Waals surface area contributed by atoms with E-state index in [1.54, 1.807) is 0 Å². The van der Waals surface area contributed by atoms with Crippen LogP contribution in [0.5, 0.6) is 0 Å². The number of rotatable bonds is 2. The normalized spacial score (nSPS) is 26.8. The van der Waals surface area contributed by atoms with Crippen molar-refractivity contribution in [2.45, 2.75) is 32.3 Å². The molecule has 0 spiro atoms. The Morgan fingerprint density at radius 1 is 1.14 bits per heavy atom. The Hall–Kier alpha value is -1.61. The van der Waals surface area contributed by atoms with Crippen LogP contribution < -0.4 is 4.90 Å². The molecule has 0 aromatic heterocycles. The van der Waals surface area contributed by atoms with Gasteiger partial charge in [0.25, 0.3) is 0 Å². The monoisotopic (exact) mass is 288 g/mol. The fraction of sp³-hybridized carbons (Fsp3) is 0.562. The number of benzene rings is 1. The van der Waals surface area contributed by atoms with Crippen LogP contribution in [0.4, 0.5) is 5.69 Å². The van der Waals surface area contributed by atoms with Crippen LogP contribution in [0.1, 0.15) is 31.3 Å². The lowest BCUT2D eigenvalue weighted by molar-refractivity contribution is -0.0444. The predicted octanol–water partition coefficient (Wildman–Crippen LogP) is 2.22. The van der Waals surface area contributed by atoms with Gasteiger partial charge in [-0.05, 0) is 32.0 Å². The third kappa shape index (κ3) is 3.03. The molecular formula is C16H20N2O3. The highest BCUT2D eigenvalue weighted by molar-refractivity contribution is 5.58. The van der Waals surface area contributed by atoms with Crippen LogP contribution in [0.25, 0.3) is 0 Å². The molecule has 0 N–H and O–H groups in total. The molecular weight excluding hydrogens is 268 g/mol. The van der Waals surface area contributed by atoms with Crippen molar-refractivity contribution in [3.63, 3.8) is 0 Å². The van der Waals surface area contributed by atoms with Crippen LogP contribution in [0, 0.1) is 11.3 Å². The summed E-state index contributed by atoms with van der Waals surface area (Å²) in [6, 6.07) is 7.89. The van der Waals surface area contributed by atoms with Crippen LogP contribution in [0.2, 0.25) is 0 Å². The van der Waals surface area contributed by atoms with Gasteiger partial charge in [0.1, 0.15) is 0 Å². The maximum Gasteiger partial charge on any atom is 0.186 e. The summed E-state index contributed by atoms with van der Waals surface area (Å²) in [6.07, 6.45) is -0.00734. The molecule has 0 aliphatic carbocycles. The first-order chi connectivity index (χ1) is 10.2. The number of morpholine rings is 1. The zero-order valence-electron chi connectivity index (χ0n) is 12.4. The summed E-state index contributed by atoms with van der Waals surface area (Å²) < 4.78 is 17.1. The first-order valence-electron chi connectivity index (χ1n) is 7.35. The minimum absolute atomic E-state index is 0.183.